The highest BCUT2D eigenvalue weighted by atomic mass is 79.9. The summed E-state index contributed by atoms with van der Waals surface area (Å²) >= 11 is 21.1. The maximum absolute atomic E-state index is 12.3. The van der Waals surface area contributed by atoms with E-state index in [0.29, 0.717) is 30.7 Å². The van der Waals surface area contributed by atoms with Gasteiger partial charge in [0.05, 0.1) is 20.6 Å². The molecule has 0 bridgehead atoms. The number of rotatable bonds is 2. The second-order valence-electron chi connectivity index (χ2n) is 3.55. The van der Waals surface area contributed by atoms with Crippen molar-refractivity contribution in [2.45, 2.75) is 0 Å². The Kier molecular flexibility index (Phi) is 4.33. The van der Waals surface area contributed by atoms with E-state index >= 15 is 0 Å². The first-order valence-corrected chi connectivity index (χ1v) is 6.87. The van der Waals surface area contributed by atoms with Crippen molar-refractivity contribution in [2.24, 2.45) is 0 Å². The first kappa shape index (κ1) is 13.9. The molecule has 1 nitrogen and oxygen atoms in total. The third kappa shape index (κ3) is 2.72. The van der Waals surface area contributed by atoms with Crippen molar-refractivity contribution >= 4 is 56.5 Å². The molecule has 0 N–H and O–H groups in total. The van der Waals surface area contributed by atoms with Crippen molar-refractivity contribution < 1.29 is 4.79 Å². The molecule has 0 unspecified atom stereocenters. The van der Waals surface area contributed by atoms with E-state index in [4.69, 9.17) is 34.8 Å². The molecule has 0 amide bonds. The number of hydrogen-bond donors (Lipinski definition) is 0. The number of carbonyl (C=O) groups is 1. The third-order valence-electron chi connectivity index (χ3n) is 2.37. The predicted molar refractivity (Wildman–Crippen MR) is 79.0 cm³/mol. The molecule has 0 saturated carbocycles. The molecule has 0 aromatic heterocycles. The van der Waals surface area contributed by atoms with Crippen molar-refractivity contribution in [3.05, 3.63) is 67.1 Å². The summed E-state index contributed by atoms with van der Waals surface area (Å²) in [6.45, 7) is 0. The summed E-state index contributed by atoms with van der Waals surface area (Å²) in [6.07, 6.45) is 0. The number of benzene rings is 2. The SMILES string of the molecule is O=C(c1ccc(Cl)c(Cl)c1)c1c(Cl)cccc1Br. The van der Waals surface area contributed by atoms with Gasteiger partial charge < -0.3 is 0 Å². The standard InChI is InChI=1S/C13H6BrCl3O/c14-8-2-1-3-10(16)12(8)13(18)7-4-5-9(15)11(17)6-7/h1-6H. The van der Waals surface area contributed by atoms with Crippen molar-refractivity contribution in [3.8, 4) is 0 Å². The highest BCUT2D eigenvalue weighted by Crippen LogP contribution is 2.29. The first-order chi connectivity index (χ1) is 8.50. The third-order valence-corrected chi connectivity index (χ3v) is 4.09. The summed E-state index contributed by atoms with van der Waals surface area (Å²) in [5.74, 6) is -0.203. The van der Waals surface area contributed by atoms with Crippen LogP contribution in [0.2, 0.25) is 15.1 Å². The summed E-state index contributed by atoms with van der Waals surface area (Å²) < 4.78 is 0.645. The summed E-state index contributed by atoms with van der Waals surface area (Å²) in [7, 11) is 0. The van der Waals surface area contributed by atoms with Gasteiger partial charge in [-0.05, 0) is 46.3 Å². The topological polar surface area (TPSA) is 17.1 Å². The number of hydrogen-bond acceptors (Lipinski definition) is 1. The van der Waals surface area contributed by atoms with E-state index in [1.807, 2.05) is 0 Å². The molecule has 0 aliphatic carbocycles. The second-order valence-corrected chi connectivity index (χ2v) is 5.63. The Hall–Kier alpha value is -0.540. The molecule has 0 aliphatic rings. The average molecular weight is 364 g/mol. The quantitative estimate of drug-likeness (QED) is 0.630. The van der Waals surface area contributed by atoms with Crippen LogP contribution in [0.15, 0.2) is 40.9 Å². The van der Waals surface area contributed by atoms with E-state index in [0.717, 1.165) is 0 Å². The van der Waals surface area contributed by atoms with Crippen LogP contribution in [-0.4, -0.2) is 5.78 Å². The van der Waals surface area contributed by atoms with Crippen LogP contribution in [0.4, 0.5) is 0 Å². The van der Waals surface area contributed by atoms with Gasteiger partial charge in [0.15, 0.2) is 5.78 Å². The van der Waals surface area contributed by atoms with Crippen LogP contribution in [-0.2, 0) is 0 Å². The van der Waals surface area contributed by atoms with Crippen LogP contribution < -0.4 is 0 Å². The lowest BCUT2D eigenvalue weighted by atomic mass is 10.0. The molecule has 0 atom stereocenters. The fraction of sp³-hybridized carbons (Fsp3) is 0. The minimum atomic E-state index is -0.203. The lowest BCUT2D eigenvalue weighted by molar-refractivity contribution is 0.103. The zero-order valence-electron chi connectivity index (χ0n) is 8.88. The maximum atomic E-state index is 12.3. The Balaban J connectivity index is 2.51. The molecule has 0 radical (unpaired) electrons. The minimum Gasteiger partial charge on any atom is -0.289 e. The molecule has 2 rings (SSSR count). The number of halogens is 4. The summed E-state index contributed by atoms with van der Waals surface area (Å²) in [5.41, 5.74) is 0.857. The van der Waals surface area contributed by atoms with Gasteiger partial charge in [-0.25, -0.2) is 0 Å². The molecule has 0 fully saturated rings. The summed E-state index contributed by atoms with van der Waals surface area (Å²) in [5, 5.41) is 1.14. The van der Waals surface area contributed by atoms with E-state index in [1.165, 1.54) is 6.07 Å². The van der Waals surface area contributed by atoms with E-state index in [2.05, 4.69) is 15.9 Å². The molecular formula is C13H6BrCl3O. The van der Waals surface area contributed by atoms with Crippen LogP contribution in [0, 0.1) is 0 Å². The zero-order valence-corrected chi connectivity index (χ0v) is 12.7. The fourth-order valence-electron chi connectivity index (χ4n) is 1.50. The van der Waals surface area contributed by atoms with E-state index in [1.54, 1.807) is 30.3 Å². The van der Waals surface area contributed by atoms with Gasteiger partial charge in [-0.1, -0.05) is 40.9 Å². The van der Waals surface area contributed by atoms with Crippen molar-refractivity contribution in [2.75, 3.05) is 0 Å². The predicted octanol–water partition coefficient (Wildman–Crippen LogP) is 5.64. The van der Waals surface area contributed by atoms with Crippen LogP contribution in [0.3, 0.4) is 0 Å². The van der Waals surface area contributed by atoms with Gasteiger partial charge in [-0.2, -0.15) is 0 Å². The molecule has 2 aromatic rings. The number of carbonyl (C=O) groups excluding carboxylic acids is 1. The van der Waals surface area contributed by atoms with Crippen LogP contribution in [0.25, 0.3) is 0 Å². The van der Waals surface area contributed by atoms with Gasteiger partial charge >= 0.3 is 0 Å². The van der Waals surface area contributed by atoms with Crippen LogP contribution in [0.1, 0.15) is 15.9 Å². The molecule has 18 heavy (non-hydrogen) atoms. The monoisotopic (exact) mass is 362 g/mol. The minimum absolute atomic E-state index is 0.203. The number of ketones is 1. The van der Waals surface area contributed by atoms with Gasteiger partial charge in [0.1, 0.15) is 0 Å². The normalized spacial score (nSPS) is 10.4. The van der Waals surface area contributed by atoms with Gasteiger partial charge in [-0.15, -0.1) is 0 Å². The van der Waals surface area contributed by atoms with E-state index < -0.39 is 0 Å². The van der Waals surface area contributed by atoms with Gasteiger partial charge in [0.25, 0.3) is 0 Å². The van der Waals surface area contributed by atoms with Gasteiger partial charge in [0, 0.05) is 10.0 Å². The molecule has 0 saturated heterocycles. The molecule has 0 spiro atoms. The largest absolute Gasteiger partial charge is 0.289 e. The average Bonchev–Trinajstić information content (AvgIpc) is 2.32. The highest BCUT2D eigenvalue weighted by Gasteiger charge is 2.16. The Morgan fingerprint density at radius 2 is 1.67 bits per heavy atom. The van der Waals surface area contributed by atoms with Crippen molar-refractivity contribution in [1.29, 1.82) is 0 Å². The summed E-state index contributed by atoms with van der Waals surface area (Å²) in [4.78, 5) is 12.3. The molecule has 92 valence electrons. The van der Waals surface area contributed by atoms with E-state index in [9.17, 15) is 4.79 Å². The molecule has 0 aliphatic heterocycles. The van der Waals surface area contributed by atoms with Gasteiger partial charge in [0.2, 0.25) is 0 Å². The first-order valence-electron chi connectivity index (χ1n) is 4.94. The maximum Gasteiger partial charge on any atom is 0.195 e. The lowest BCUT2D eigenvalue weighted by Gasteiger charge is -2.07. The van der Waals surface area contributed by atoms with Crippen molar-refractivity contribution in [3.63, 3.8) is 0 Å². The Morgan fingerprint density at radius 1 is 0.944 bits per heavy atom. The second kappa shape index (κ2) is 5.62. The highest BCUT2D eigenvalue weighted by molar-refractivity contribution is 9.10. The Morgan fingerprint density at radius 3 is 2.28 bits per heavy atom. The van der Waals surface area contributed by atoms with Crippen LogP contribution in [0.5, 0.6) is 0 Å². The summed E-state index contributed by atoms with van der Waals surface area (Å²) in [6, 6.07) is 9.92. The smallest absolute Gasteiger partial charge is 0.195 e. The van der Waals surface area contributed by atoms with E-state index in [-0.39, 0.29) is 5.78 Å². The lowest BCUT2D eigenvalue weighted by Crippen LogP contribution is -2.03. The van der Waals surface area contributed by atoms with Crippen LogP contribution >= 0.6 is 50.7 Å². The molecule has 2 aromatic carbocycles. The molecular weight excluding hydrogens is 358 g/mol. The fourth-order valence-corrected chi connectivity index (χ4v) is 2.72. The zero-order chi connectivity index (χ0) is 13.3. The Bertz CT molecular complexity index is 605. The van der Waals surface area contributed by atoms with Gasteiger partial charge in [-0.3, -0.25) is 4.79 Å². The van der Waals surface area contributed by atoms with Crippen molar-refractivity contribution in [1.82, 2.24) is 0 Å². The molecule has 5 heteroatoms. The Labute approximate surface area is 128 Å². The molecule has 0 heterocycles.